The fourth-order valence-electron chi connectivity index (χ4n) is 1.84. The minimum atomic E-state index is -4.29. The van der Waals surface area contributed by atoms with Gasteiger partial charge in [0.15, 0.2) is 0 Å². The van der Waals surface area contributed by atoms with Crippen molar-refractivity contribution >= 4 is 17.4 Å². The normalized spacial score (nSPS) is 13.6. The third-order valence-electron chi connectivity index (χ3n) is 2.86. The molecule has 0 bridgehead atoms. The molecule has 0 aliphatic heterocycles. The van der Waals surface area contributed by atoms with Gasteiger partial charge in [-0.15, -0.1) is 0 Å². The van der Waals surface area contributed by atoms with Gasteiger partial charge in [0.25, 0.3) is 0 Å². The van der Waals surface area contributed by atoms with Crippen molar-refractivity contribution in [3.8, 4) is 0 Å². The molecule has 2 nitrogen and oxygen atoms in total. The third-order valence-corrected chi connectivity index (χ3v) is 3.11. The Labute approximate surface area is 121 Å². The second-order valence-corrected chi connectivity index (χ2v) is 5.34. The van der Waals surface area contributed by atoms with E-state index in [-0.39, 0.29) is 18.2 Å². The van der Waals surface area contributed by atoms with Crippen LogP contribution in [0.5, 0.6) is 0 Å². The largest absolute Gasteiger partial charge is 0.401 e. The number of benzene rings is 1. The summed E-state index contributed by atoms with van der Waals surface area (Å²) in [6.07, 6.45) is -4.29. The molecule has 0 aliphatic rings. The molecule has 1 aromatic rings. The van der Waals surface area contributed by atoms with Crippen LogP contribution < -0.4 is 5.32 Å². The molecule has 0 saturated carbocycles. The maximum Gasteiger partial charge on any atom is 0.401 e. The van der Waals surface area contributed by atoms with Crippen LogP contribution in [0.1, 0.15) is 25.3 Å². The fraction of sp³-hybridized carbons (Fsp3) is 0.500. The number of alkyl halides is 3. The van der Waals surface area contributed by atoms with Crippen molar-refractivity contribution in [1.82, 2.24) is 5.32 Å². The van der Waals surface area contributed by atoms with Crippen molar-refractivity contribution < 1.29 is 18.0 Å². The van der Waals surface area contributed by atoms with Crippen LogP contribution in [0.2, 0.25) is 5.02 Å². The number of hydrogen-bond donors (Lipinski definition) is 1. The number of ketones is 1. The molecule has 0 amide bonds. The Bertz CT molecular complexity index is 443. The Morgan fingerprint density at radius 2 is 1.80 bits per heavy atom. The minimum absolute atomic E-state index is 0.0435. The molecule has 112 valence electrons. The van der Waals surface area contributed by atoms with Crippen LogP contribution in [0.15, 0.2) is 24.3 Å². The third kappa shape index (κ3) is 5.51. The van der Waals surface area contributed by atoms with Gasteiger partial charge < -0.3 is 5.32 Å². The summed E-state index contributed by atoms with van der Waals surface area (Å²) in [5.41, 5.74) is 0.669. The van der Waals surface area contributed by atoms with Crippen LogP contribution in [-0.4, -0.2) is 25.0 Å². The zero-order valence-corrected chi connectivity index (χ0v) is 12.1. The number of hydrogen-bond acceptors (Lipinski definition) is 2. The van der Waals surface area contributed by atoms with Crippen LogP contribution in [0.3, 0.4) is 0 Å². The smallest absolute Gasteiger partial charge is 0.308 e. The van der Waals surface area contributed by atoms with Crippen molar-refractivity contribution in [2.45, 2.75) is 25.9 Å². The van der Waals surface area contributed by atoms with E-state index in [2.05, 4.69) is 5.32 Å². The molecule has 6 heteroatoms. The lowest BCUT2D eigenvalue weighted by Gasteiger charge is -2.19. The minimum Gasteiger partial charge on any atom is -0.308 e. The Kier molecular flexibility index (Phi) is 6.02. The van der Waals surface area contributed by atoms with Crippen LogP contribution >= 0.6 is 11.6 Å². The van der Waals surface area contributed by atoms with Crippen molar-refractivity contribution in [2.75, 3.05) is 13.1 Å². The van der Waals surface area contributed by atoms with Gasteiger partial charge in [0.2, 0.25) is 0 Å². The zero-order chi connectivity index (χ0) is 15.3. The second-order valence-electron chi connectivity index (χ2n) is 4.91. The number of Topliss-reactive ketones (excluding diaryl/α,β-unsaturated/α-hetero) is 1. The molecule has 0 fully saturated rings. The van der Waals surface area contributed by atoms with E-state index in [4.69, 9.17) is 11.6 Å². The first kappa shape index (κ1) is 17.0. The topological polar surface area (TPSA) is 29.1 Å². The van der Waals surface area contributed by atoms with E-state index in [9.17, 15) is 18.0 Å². The van der Waals surface area contributed by atoms with Gasteiger partial charge in [-0.25, -0.2) is 0 Å². The monoisotopic (exact) mass is 307 g/mol. The Balaban J connectivity index is 2.81. The molecule has 1 atom stereocenters. The van der Waals surface area contributed by atoms with E-state index in [1.807, 2.05) is 0 Å². The van der Waals surface area contributed by atoms with Gasteiger partial charge in [0.1, 0.15) is 5.78 Å². The standard InChI is InChI=1S/C14H17ClF3NO/c1-9(2)13(20)12(7-19-8-14(16,17)18)10-3-5-11(15)6-4-10/h3-6,9,12,19H,7-8H2,1-2H3. The van der Waals surface area contributed by atoms with Gasteiger partial charge in [0, 0.05) is 17.5 Å². The average Bonchev–Trinajstić information content (AvgIpc) is 2.34. The predicted molar refractivity (Wildman–Crippen MR) is 73.0 cm³/mol. The lowest BCUT2D eigenvalue weighted by atomic mass is 9.89. The van der Waals surface area contributed by atoms with Crippen LogP contribution in [-0.2, 0) is 4.79 Å². The Morgan fingerprint density at radius 3 is 2.25 bits per heavy atom. The number of carbonyl (C=O) groups is 1. The number of carbonyl (C=O) groups excluding carboxylic acids is 1. The predicted octanol–water partition coefficient (Wildman–Crippen LogP) is 3.80. The molecule has 1 N–H and O–H groups in total. The first-order chi connectivity index (χ1) is 9.20. The van der Waals surface area contributed by atoms with E-state index >= 15 is 0 Å². The molecule has 1 aromatic carbocycles. The number of rotatable bonds is 6. The lowest BCUT2D eigenvalue weighted by molar-refractivity contribution is -0.128. The van der Waals surface area contributed by atoms with Crippen LogP contribution in [0, 0.1) is 5.92 Å². The maximum absolute atomic E-state index is 12.2. The first-order valence-electron chi connectivity index (χ1n) is 6.27. The van der Waals surface area contributed by atoms with E-state index in [1.165, 1.54) is 0 Å². The summed E-state index contributed by atoms with van der Waals surface area (Å²) in [4.78, 5) is 12.1. The molecule has 0 saturated heterocycles. The molecule has 0 spiro atoms. The highest BCUT2D eigenvalue weighted by Crippen LogP contribution is 2.22. The Morgan fingerprint density at radius 1 is 1.25 bits per heavy atom. The highest BCUT2D eigenvalue weighted by molar-refractivity contribution is 6.30. The number of nitrogens with one attached hydrogen (secondary N) is 1. The van der Waals surface area contributed by atoms with Crippen molar-refractivity contribution in [1.29, 1.82) is 0 Å². The van der Waals surface area contributed by atoms with Gasteiger partial charge in [-0.2, -0.15) is 13.2 Å². The maximum atomic E-state index is 12.2. The summed E-state index contributed by atoms with van der Waals surface area (Å²) in [7, 11) is 0. The van der Waals surface area contributed by atoms with Crippen LogP contribution in [0.25, 0.3) is 0 Å². The fourth-order valence-corrected chi connectivity index (χ4v) is 1.96. The van der Waals surface area contributed by atoms with Crippen molar-refractivity contribution in [3.63, 3.8) is 0 Å². The second kappa shape index (κ2) is 7.09. The van der Waals surface area contributed by atoms with E-state index in [1.54, 1.807) is 38.1 Å². The molecule has 0 aliphatic carbocycles. The van der Waals surface area contributed by atoms with Crippen LogP contribution in [0.4, 0.5) is 13.2 Å². The molecule has 1 rings (SSSR count). The molecule has 0 aromatic heterocycles. The quantitative estimate of drug-likeness (QED) is 0.866. The summed E-state index contributed by atoms with van der Waals surface area (Å²) in [6.45, 7) is 2.31. The molecular formula is C14H17ClF3NO. The lowest BCUT2D eigenvalue weighted by Crippen LogP contribution is -2.35. The Hall–Kier alpha value is -1.07. The first-order valence-corrected chi connectivity index (χ1v) is 6.65. The summed E-state index contributed by atoms with van der Waals surface area (Å²) < 4.78 is 36.5. The average molecular weight is 308 g/mol. The van der Waals surface area contributed by atoms with Crippen molar-refractivity contribution in [2.24, 2.45) is 5.92 Å². The van der Waals surface area contributed by atoms with Gasteiger partial charge >= 0.3 is 6.18 Å². The van der Waals surface area contributed by atoms with Gasteiger partial charge in [-0.3, -0.25) is 4.79 Å². The van der Waals surface area contributed by atoms with Gasteiger partial charge in [-0.05, 0) is 17.7 Å². The summed E-state index contributed by atoms with van der Waals surface area (Å²) in [5, 5.41) is 2.82. The highest BCUT2D eigenvalue weighted by atomic mass is 35.5. The molecule has 0 radical (unpaired) electrons. The SMILES string of the molecule is CC(C)C(=O)C(CNCC(F)(F)F)c1ccc(Cl)cc1. The van der Waals surface area contributed by atoms with Gasteiger partial charge in [-0.1, -0.05) is 37.6 Å². The van der Waals surface area contributed by atoms with E-state index < -0.39 is 18.6 Å². The van der Waals surface area contributed by atoms with E-state index in [0.717, 1.165) is 0 Å². The molecule has 0 heterocycles. The summed E-state index contributed by atoms with van der Waals surface area (Å²) >= 11 is 5.77. The van der Waals surface area contributed by atoms with E-state index in [0.29, 0.717) is 10.6 Å². The summed E-state index contributed by atoms with van der Waals surface area (Å²) in [6, 6.07) is 6.59. The zero-order valence-electron chi connectivity index (χ0n) is 11.3. The van der Waals surface area contributed by atoms with Crippen molar-refractivity contribution in [3.05, 3.63) is 34.9 Å². The highest BCUT2D eigenvalue weighted by Gasteiger charge is 2.28. The molecule has 1 unspecified atom stereocenters. The molecular weight excluding hydrogens is 291 g/mol. The van der Waals surface area contributed by atoms with Gasteiger partial charge in [0.05, 0.1) is 12.5 Å². The summed E-state index contributed by atoms with van der Waals surface area (Å²) in [5.74, 6) is -0.944. The molecule has 20 heavy (non-hydrogen) atoms. The number of halogens is 4.